The fourth-order valence-electron chi connectivity index (χ4n) is 2.95. The Labute approximate surface area is 167 Å². The van der Waals surface area contributed by atoms with Crippen molar-refractivity contribution in [1.82, 2.24) is 4.98 Å². The number of halogens is 2. The summed E-state index contributed by atoms with van der Waals surface area (Å²) in [6.07, 6.45) is 0. The molecule has 2 aromatic carbocycles. The van der Waals surface area contributed by atoms with Gasteiger partial charge in [0, 0.05) is 11.6 Å². The molecule has 3 rings (SSSR count). The predicted octanol–water partition coefficient (Wildman–Crippen LogP) is 2.88. The quantitative estimate of drug-likeness (QED) is 0.484. The van der Waals surface area contributed by atoms with Crippen LogP contribution in [0.4, 0.5) is 14.6 Å². The van der Waals surface area contributed by atoms with E-state index in [4.69, 9.17) is 10.5 Å². The van der Waals surface area contributed by atoms with Gasteiger partial charge >= 0.3 is 11.9 Å². The van der Waals surface area contributed by atoms with E-state index in [1.807, 2.05) is 4.98 Å². The Balaban J connectivity index is 2.19. The van der Waals surface area contributed by atoms with Crippen LogP contribution in [0.1, 0.15) is 26.3 Å². The summed E-state index contributed by atoms with van der Waals surface area (Å²) in [6.45, 7) is -0.374. The highest BCUT2D eigenvalue weighted by molar-refractivity contribution is 6.07. The van der Waals surface area contributed by atoms with Crippen LogP contribution in [-0.2, 0) is 6.61 Å². The van der Waals surface area contributed by atoms with Crippen LogP contribution in [0.5, 0.6) is 5.75 Å². The largest absolute Gasteiger partial charge is 0.486 e. The lowest BCUT2D eigenvalue weighted by molar-refractivity contribution is 0.0695. The number of nitrogens with one attached hydrogen (secondary N) is 1. The summed E-state index contributed by atoms with van der Waals surface area (Å²) >= 11 is 0. The van der Waals surface area contributed by atoms with Crippen molar-refractivity contribution in [3.05, 3.63) is 81.1 Å². The number of aromatic nitrogens is 1. The maximum absolute atomic E-state index is 13.8. The molecule has 0 amide bonds. The molecule has 1 heterocycles. The lowest BCUT2D eigenvalue weighted by Gasteiger charge is -2.16. The zero-order valence-electron chi connectivity index (χ0n) is 15.1. The number of hydrogen-bond acceptors (Lipinski definition) is 5. The van der Waals surface area contributed by atoms with Crippen LogP contribution in [0.25, 0.3) is 11.1 Å². The molecule has 0 unspecified atom stereocenters. The van der Waals surface area contributed by atoms with Crippen molar-refractivity contribution in [1.29, 1.82) is 0 Å². The zero-order chi connectivity index (χ0) is 22.0. The first kappa shape index (κ1) is 20.5. The number of anilines is 1. The van der Waals surface area contributed by atoms with Crippen LogP contribution in [0.15, 0.2) is 47.3 Å². The molecule has 0 aliphatic rings. The Morgan fingerprint density at radius 2 is 1.70 bits per heavy atom. The first-order valence-electron chi connectivity index (χ1n) is 8.39. The van der Waals surface area contributed by atoms with E-state index in [2.05, 4.69) is 0 Å². The number of pyridine rings is 1. The van der Waals surface area contributed by atoms with Gasteiger partial charge < -0.3 is 25.7 Å². The second-order valence-electron chi connectivity index (χ2n) is 6.12. The normalized spacial score (nSPS) is 10.6. The van der Waals surface area contributed by atoms with Crippen LogP contribution < -0.4 is 16.0 Å². The number of aromatic amines is 1. The number of aromatic carboxylic acids is 2. The lowest BCUT2D eigenvalue weighted by atomic mass is 9.92. The van der Waals surface area contributed by atoms with E-state index >= 15 is 0 Å². The fourth-order valence-corrected chi connectivity index (χ4v) is 2.95. The minimum Gasteiger partial charge on any atom is -0.486 e. The Hall–Kier alpha value is -4.21. The van der Waals surface area contributed by atoms with Gasteiger partial charge in [0.2, 0.25) is 0 Å². The molecule has 1 aromatic heterocycles. The monoisotopic (exact) mass is 416 g/mol. The second kappa shape index (κ2) is 8.03. The van der Waals surface area contributed by atoms with Gasteiger partial charge in [0.05, 0.1) is 0 Å². The first-order valence-corrected chi connectivity index (χ1v) is 8.39. The number of H-pyrrole nitrogens is 1. The number of carboxylic acids is 2. The summed E-state index contributed by atoms with van der Waals surface area (Å²) in [5.74, 6) is -5.71. The fraction of sp³-hybridized carbons (Fsp3) is 0.0500. The smallest absolute Gasteiger partial charge is 0.342 e. The number of rotatable bonds is 6. The maximum atomic E-state index is 13.8. The summed E-state index contributed by atoms with van der Waals surface area (Å²) < 4.78 is 32.5. The van der Waals surface area contributed by atoms with Crippen LogP contribution in [0, 0.1) is 11.6 Å². The van der Waals surface area contributed by atoms with Crippen LogP contribution in [-0.4, -0.2) is 27.1 Å². The summed E-state index contributed by atoms with van der Waals surface area (Å²) in [4.78, 5) is 37.7. The third kappa shape index (κ3) is 3.83. The number of nitrogen functional groups attached to an aromatic ring is 1. The molecule has 154 valence electrons. The average Bonchev–Trinajstić information content (AvgIpc) is 2.67. The van der Waals surface area contributed by atoms with Crippen molar-refractivity contribution in [2.24, 2.45) is 0 Å². The lowest BCUT2D eigenvalue weighted by Crippen LogP contribution is -2.24. The van der Waals surface area contributed by atoms with E-state index in [1.165, 1.54) is 18.2 Å². The molecule has 8 nitrogen and oxygen atoms in total. The highest BCUT2D eigenvalue weighted by atomic mass is 19.1. The van der Waals surface area contributed by atoms with Gasteiger partial charge in [0.25, 0.3) is 5.56 Å². The highest BCUT2D eigenvalue weighted by Crippen LogP contribution is 2.32. The Kier molecular flexibility index (Phi) is 5.50. The van der Waals surface area contributed by atoms with Crippen molar-refractivity contribution >= 4 is 17.8 Å². The molecule has 3 aromatic rings. The van der Waals surface area contributed by atoms with Gasteiger partial charge in [-0.3, -0.25) is 4.79 Å². The molecule has 0 aliphatic heterocycles. The molecule has 0 saturated carbocycles. The van der Waals surface area contributed by atoms with Gasteiger partial charge in [-0.2, -0.15) is 0 Å². The molecule has 0 atom stereocenters. The van der Waals surface area contributed by atoms with Crippen molar-refractivity contribution in [3.8, 4) is 16.9 Å². The first-order chi connectivity index (χ1) is 14.2. The van der Waals surface area contributed by atoms with E-state index in [1.54, 1.807) is 6.07 Å². The van der Waals surface area contributed by atoms with Crippen LogP contribution in [0.2, 0.25) is 0 Å². The van der Waals surface area contributed by atoms with E-state index in [9.17, 15) is 33.4 Å². The Bertz CT molecular complexity index is 1220. The van der Waals surface area contributed by atoms with Crippen LogP contribution in [0.3, 0.4) is 0 Å². The highest BCUT2D eigenvalue weighted by Gasteiger charge is 2.27. The number of carboxylic acid groups (broad SMARTS) is 2. The molecule has 0 spiro atoms. The number of carbonyl (C=O) groups is 2. The molecule has 0 fully saturated rings. The molecular formula is C20H14F2N2O6. The standard InChI is InChI=1S/C20H14F2N2O6/c21-10-5-6-12(22)13(7-10)30-8-9-3-1-2-4-11(9)14-15(19(26)27)17(23)24-18(25)16(14)20(28)29/h1-7H,8H2,(H,26,27)(H,28,29)(H3,23,24,25). The van der Waals surface area contributed by atoms with Crippen molar-refractivity contribution in [3.63, 3.8) is 0 Å². The molecule has 10 heteroatoms. The predicted molar refractivity (Wildman–Crippen MR) is 102 cm³/mol. The number of benzene rings is 2. The minimum atomic E-state index is -1.67. The third-order valence-corrected chi connectivity index (χ3v) is 4.24. The summed E-state index contributed by atoms with van der Waals surface area (Å²) in [6, 6.07) is 8.47. The molecule has 0 aliphatic carbocycles. The second-order valence-corrected chi connectivity index (χ2v) is 6.12. The van der Waals surface area contributed by atoms with E-state index in [0.717, 1.165) is 18.2 Å². The van der Waals surface area contributed by atoms with E-state index in [-0.39, 0.29) is 17.7 Å². The van der Waals surface area contributed by atoms with Crippen molar-refractivity contribution in [2.75, 3.05) is 5.73 Å². The van der Waals surface area contributed by atoms with Gasteiger partial charge in [-0.05, 0) is 23.3 Å². The summed E-state index contributed by atoms with van der Waals surface area (Å²) in [5, 5.41) is 19.0. The molecule has 0 bridgehead atoms. The summed E-state index contributed by atoms with van der Waals surface area (Å²) in [5.41, 5.74) is 2.92. The van der Waals surface area contributed by atoms with E-state index in [0.29, 0.717) is 0 Å². The van der Waals surface area contributed by atoms with Crippen LogP contribution >= 0.6 is 0 Å². The van der Waals surface area contributed by atoms with E-state index < -0.39 is 57.4 Å². The van der Waals surface area contributed by atoms with Gasteiger partial charge in [0.15, 0.2) is 11.6 Å². The van der Waals surface area contributed by atoms with Gasteiger partial charge in [0.1, 0.15) is 29.4 Å². The number of ether oxygens (including phenoxy) is 1. The Morgan fingerprint density at radius 1 is 1.03 bits per heavy atom. The molecule has 30 heavy (non-hydrogen) atoms. The molecule has 5 N–H and O–H groups in total. The Morgan fingerprint density at radius 3 is 2.37 bits per heavy atom. The van der Waals surface area contributed by atoms with Gasteiger partial charge in [-0.1, -0.05) is 24.3 Å². The average molecular weight is 416 g/mol. The topological polar surface area (TPSA) is 143 Å². The summed E-state index contributed by atoms with van der Waals surface area (Å²) in [7, 11) is 0. The molecular weight excluding hydrogens is 402 g/mol. The number of nitrogens with two attached hydrogens (primary N) is 1. The SMILES string of the molecule is Nc1[nH]c(=O)c(C(=O)O)c(-c2ccccc2COc2cc(F)ccc2F)c1C(=O)O. The molecule has 0 radical (unpaired) electrons. The zero-order valence-corrected chi connectivity index (χ0v) is 15.1. The molecule has 0 saturated heterocycles. The van der Waals surface area contributed by atoms with Crippen molar-refractivity contribution < 1.29 is 33.3 Å². The third-order valence-electron chi connectivity index (χ3n) is 4.24. The maximum Gasteiger partial charge on any atom is 0.342 e. The minimum absolute atomic E-state index is 0.0295. The van der Waals surface area contributed by atoms with Gasteiger partial charge in [-0.15, -0.1) is 0 Å². The van der Waals surface area contributed by atoms with Crippen molar-refractivity contribution in [2.45, 2.75) is 6.61 Å². The van der Waals surface area contributed by atoms with Gasteiger partial charge in [-0.25, -0.2) is 18.4 Å². The number of hydrogen-bond donors (Lipinski definition) is 4.